The smallest absolute Gasteiger partial charge is 0.319 e. The number of hydrogen-bond donors (Lipinski definition) is 6. The zero-order valence-corrected chi connectivity index (χ0v) is 14.5. The van der Waals surface area contributed by atoms with Crippen LogP contribution in [0.4, 0.5) is 0 Å². The molecule has 0 radical (unpaired) electrons. The Morgan fingerprint density at radius 1 is 0.667 bits per heavy atom. The standard InChI is InChI=1S/C6H15N6O9P3/c7-1-19-22(13,14)4-10-5(23(15,16)20-2-8)12-6(11-4)24(17,18)21-3-9/h1-3,7-9H2,(H,13,14)(H,15,16)(H,17,18). The first-order valence-electron chi connectivity index (χ1n) is 5.80. The lowest BCUT2D eigenvalue weighted by Crippen LogP contribution is -2.37. The van der Waals surface area contributed by atoms with Gasteiger partial charge in [-0.15, -0.1) is 0 Å². The fourth-order valence-electron chi connectivity index (χ4n) is 1.20. The van der Waals surface area contributed by atoms with Crippen molar-refractivity contribution in [3.05, 3.63) is 0 Å². The molecule has 15 nitrogen and oxygen atoms in total. The lowest BCUT2D eigenvalue weighted by atomic mass is 11.1. The Hall–Kier alpha value is -0.660. The zero-order valence-electron chi connectivity index (χ0n) is 11.8. The molecule has 0 spiro atoms. The second kappa shape index (κ2) is 8.15. The molecular weight excluding hydrogens is 393 g/mol. The molecule has 0 saturated heterocycles. The second-order valence-corrected chi connectivity index (χ2v) is 8.78. The first-order valence-corrected chi connectivity index (χ1v) is 10.5. The van der Waals surface area contributed by atoms with E-state index >= 15 is 0 Å². The summed E-state index contributed by atoms with van der Waals surface area (Å²) in [7, 11) is -14.4. The molecular formula is C6H15N6O9P3. The van der Waals surface area contributed by atoms with Crippen molar-refractivity contribution in [1.82, 2.24) is 15.0 Å². The van der Waals surface area contributed by atoms with Crippen molar-refractivity contribution in [2.24, 2.45) is 17.2 Å². The predicted molar refractivity (Wildman–Crippen MR) is 78.6 cm³/mol. The number of hydrogen-bond acceptors (Lipinski definition) is 12. The Bertz CT molecular complexity index is 622. The molecule has 0 aliphatic heterocycles. The molecule has 9 N–H and O–H groups in total. The van der Waals surface area contributed by atoms with Gasteiger partial charge in [-0.1, -0.05) is 0 Å². The van der Waals surface area contributed by atoms with E-state index in [1.807, 2.05) is 0 Å². The van der Waals surface area contributed by atoms with Crippen LogP contribution in [0.1, 0.15) is 0 Å². The van der Waals surface area contributed by atoms with Crippen LogP contribution in [-0.4, -0.2) is 49.8 Å². The Morgan fingerprint density at radius 3 is 1.04 bits per heavy atom. The fourth-order valence-corrected chi connectivity index (χ4v) is 3.71. The maximum atomic E-state index is 11.9. The highest BCUT2D eigenvalue weighted by Crippen LogP contribution is 2.43. The molecule has 0 aliphatic carbocycles. The lowest BCUT2D eigenvalue weighted by molar-refractivity contribution is 0.274. The number of rotatable bonds is 9. The Labute approximate surface area is 134 Å². The zero-order chi connectivity index (χ0) is 18.6. The quantitative estimate of drug-likeness (QED) is 0.168. The van der Waals surface area contributed by atoms with E-state index in [9.17, 15) is 28.4 Å². The van der Waals surface area contributed by atoms with Crippen molar-refractivity contribution in [2.45, 2.75) is 0 Å². The molecule has 1 rings (SSSR count). The average Bonchev–Trinajstić information content (AvgIpc) is 2.46. The molecule has 0 aliphatic rings. The third-order valence-electron chi connectivity index (χ3n) is 2.11. The Kier molecular flexibility index (Phi) is 7.26. The summed E-state index contributed by atoms with van der Waals surface area (Å²) in [5.74, 6) is 0. The summed E-state index contributed by atoms with van der Waals surface area (Å²) in [5.41, 5.74) is 11.6. The van der Waals surface area contributed by atoms with Gasteiger partial charge in [0.2, 0.25) is 16.7 Å². The Morgan fingerprint density at radius 2 is 0.875 bits per heavy atom. The van der Waals surface area contributed by atoms with Crippen LogP contribution in [0.15, 0.2) is 0 Å². The Balaban J connectivity index is 3.60. The maximum absolute atomic E-state index is 11.9. The van der Waals surface area contributed by atoms with Gasteiger partial charge in [0.15, 0.2) is 0 Å². The predicted octanol–water partition coefficient (Wildman–Crippen LogP) is -3.90. The number of nitrogens with zero attached hydrogens (tertiary/aromatic N) is 3. The van der Waals surface area contributed by atoms with Gasteiger partial charge in [-0.25, -0.2) is 0 Å². The van der Waals surface area contributed by atoms with Crippen LogP contribution < -0.4 is 33.9 Å². The van der Waals surface area contributed by atoms with Gasteiger partial charge in [0.1, 0.15) is 20.2 Å². The monoisotopic (exact) mass is 408 g/mol. The van der Waals surface area contributed by atoms with Gasteiger partial charge >= 0.3 is 22.8 Å². The van der Waals surface area contributed by atoms with Crippen molar-refractivity contribution in [3.8, 4) is 0 Å². The molecule has 0 fully saturated rings. The third-order valence-corrected chi connectivity index (χ3v) is 5.72. The molecule has 1 heterocycles. The molecule has 138 valence electrons. The summed E-state index contributed by atoms with van der Waals surface area (Å²) in [5, 5.41) is 0. The van der Waals surface area contributed by atoms with Gasteiger partial charge in [-0.2, -0.15) is 15.0 Å². The minimum Gasteiger partial charge on any atom is -0.319 e. The van der Waals surface area contributed by atoms with Crippen molar-refractivity contribution in [1.29, 1.82) is 0 Å². The van der Waals surface area contributed by atoms with Crippen molar-refractivity contribution < 1.29 is 41.9 Å². The van der Waals surface area contributed by atoms with Gasteiger partial charge in [0.25, 0.3) is 0 Å². The molecule has 0 amide bonds. The molecule has 0 saturated carbocycles. The van der Waals surface area contributed by atoms with Gasteiger partial charge in [0.05, 0.1) is 0 Å². The second-order valence-electron chi connectivity index (χ2n) is 3.68. The van der Waals surface area contributed by atoms with E-state index in [4.69, 9.17) is 17.2 Å². The van der Waals surface area contributed by atoms with E-state index < -0.39 is 59.7 Å². The number of nitrogens with two attached hydrogens (primary N) is 3. The summed E-state index contributed by atoms with van der Waals surface area (Å²) < 4.78 is 48.7. The summed E-state index contributed by atoms with van der Waals surface area (Å²) in [6, 6.07) is 0. The first kappa shape index (κ1) is 21.4. The van der Waals surface area contributed by atoms with E-state index in [0.29, 0.717) is 0 Å². The molecule has 0 aromatic carbocycles. The van der Waals surface area contributed by atoms with E-state index in [2.05, 4.69) is 28.5 Å². The molecule has 24 heavy (non-hydrogen) atoms. The molecule has 18 heteroatoms. The summed E-state index contributed by atoms with van der Waals surface area (Å²) >= 11 is 0. The lowest BCUT2D eigenvalue weighted by Gasteiger charge is -2.15. The van der Waals surface area contributed by atoms with E-state index in [0.717, 1.165) is 0 Å². The van der Waals surface area contributed by atoms with Gasteiger partial charge < -0.3 is 31.9 Å². The highest BCUT2D eigenvalue weighted by molar-refractivity contribution is 7.63. The highest BCUT2D eigenvalue weighted by Gasteiger charge is 2.38. The molecule has 3 unspecified atom stereocenters. The van der Waals surface area contributed by atoms with Crippen LogP contribution >= 0.6 is 22.8 Å². The molecule has 1 aromatic rings. The maximum Gasteiger partial charge on any atom is 0.397 e. The van der Waals surface area contributed by atoms with E-state index in [1.54, 1.807) is 0 Å². The van der Waals surface area contributed by atoms with Gasteiger partial charge in [-0.3, -0.25) is 27.3 Å². The van der Waals surface area contributed by atoms with Gasteiger partial charge in [0, 0.05) is 0 Å². The first-order chi connectivity index (χ1) is 11.0. The SMILES string of the molecule is NCOP(=O)(O)c1nc(P(=O)(O)OCN)nc(P(=O)(O)OCN)n1. The molecule has 3 atom stereocenters. The van der Waals surface area contributed by atoms with Crippen molar-refractivity contribution in [2.75, 3.05) is 20.2 Å². The van der Waals surface area contributed by atoms with Crippen LogP contribution in [-0.2, 0) is 27.3 Å². The van der Waals surface area contributed by atoms with Crippen LogP contribution in [0.5, 0.6) is 0 Å². The van der Waals surface area contributed by atoms with Crippen LogP contribution in [0, 0.1) is 0 Å². The van der Waals surface area contributed by atoms with Gasteiger partial charge in [-0.05, 0) is 0 Å². The normalized spacial score (nSPS) is 19.2. The van der Waals surface area contributed by atoms with E-state index in [-0.39, 0.29) is 0 Å². The summed E-state index contributed by atoms with van der Waals surface area (Å²) in [6.45, 7) is -2.22. The molecule has 1 aromatic heterocycles. The van der Waals surface area contributed by atoms with Crippen molar-refractivity contribution >= 4 is 39.5 Å². The minimum atomic E-state index is -4.80. The molecule has 0 bridgehead atoms. The van der Waals surface area contributed by atoms with Crippen LogP contribution in [0.25, 0.3) is 0 Å². The van der Waals surface area contributed by atoms with E-state index in [1.165, 1.54) is 0 Å². The van der Waals surface area contributed by atoms with Crippen LogP contribution in [0.2, 0.25) is 0 Å². The largest absolute Gasteiger partial charge is 0.397 e. The summed E-state index contributed by atoms with van der Waals surface area (Å²) in [6.07, 6.45) is 0. The third kappa shape index (κ3) is 5.17. The highest BCUT2D eigenvalue weighted by atomic mass is 31.2. The number of aromatic nitrogens is 3. The van der Waals surface area contributed by atoms with Crippen LogP contribution in [0.3, 0.4) is 0 Å². The fraction of sp³-hybridized carbons (Fsp3) is 0.500. The van der Waals surface area contributed by atoms with Crippen molar-refractivity contribution in [3.63, 3.8) is 0 Å². The summed E-state index contributed by atoms with van der Waals surface area (Å²) in [4.78, 5) is 38.7. The average molecular weight is 408 g/mol. The minimum absolute atomic E-state index is 0.740. The topological polar surface area (TPSA) is 256 Å².